The van der Waals surface area contributed by atoms with Gasteiger partial charge in [0.2, 0.25) is 5.88 Å². The van der Waals surface area contributed by atoms with Crippen LogP contribution in [0.1, 0.15) is 47.4 Å². The Bertz CT molecular complexity index is 1160. The van der Waals surface area contributed by atoms with Crippen molar-refractivity contribution >= 4 is 11.8 Å². The number of ether oxygens (including phenoxy) is 2. The molecule has 4 rings (SSSR count). The summed E-state index contributed by atoms with van der Waals surface area (Å²) in [6.45, 7) is 2.16. The molecule has 0 bridgehead atoms. The number of benzene rings is 2. The molecule has 9 nitrogen and oxygen atoms in total. The quantitative estimate of drug-likeness (QED) is 0.323. The Morgan fingerprint density at radius 3 is 2.67 bits per heavy atom. The zero-order valence-corrected chi connectivity index (χ0v) is 20.7. The standard InChI is InChI=1S/C27H34N4O5/c1-18-25(31(22-9-4-3-5-10-22)30-26(18)36-17-23(33)15-32)29-27(34)28-14-21-13-19(16-35-2)11-12-24(21)20-7-6-8-20/h3-5,9-13,20,23,32-33H,6-8,14-17H2,1-2H3,(H2,28,29,34)/t23-/m1/s1. The minimum atomic E-state index is -1.02. The van der Waals surface area contributed by atoms with Crippen molar-refractivity contribution < 1.29 is 24.5 Å². The number of para-hydroxylation sites is 1. The van der Waals surface area contributed by atoms with Crippen LogP contribution in [0.3, 0.4) is 0 Å². The average molecular weight is 495 g/mol. The summed E-state index contributed by atoms with van der Waals surface area (Å²) in [5.74, 6) is 1.26. The van der Waals surface area contributed by atoms with Gasteiger partial charge in [0.25, 0.3) is 0 Å². The summed E-state index contributed by atoms with van der Waals surface area (Å²) in [6, 6.07) is 15.4. The van der Waals surface area contributed by atoms with Crippen LogP contribution in [0.15, 0.2) is 48.5 Å². The van der Waals surface area contributed by atoms with Crippen LogP contribution in [0.5, 0.6) is 5.88 Å². The first-order chi connectivity index (χ1) is 17.5. The summed E-state index contributed by atoms with van der Waals surface area (Å²) in [6.07, 6.45) is 2.56. The van der Waals surface area contributed by atoms with Crippen molar-refractivity contribution in [2.24, 2.45) is 0 Å². The van der Waals surface area contributed by atoms with Gasteiger partial charge in [0.1, 0.15) is 18.5 Å². The van der Waals surface area contributed by atoms with Crippen LogP contribution in [0.2, 0.25) is 0 Å². The Labute approximate surface area is 211 Å². The van der Waals surface area contributed by atoms with E-state index in [0.717, 1.165) is 16.8 Å². The summed E-state index contributed by atoms with van der Waals surface area (Å²) >= 11 is 0. The number of carbonyl (C=O) groups is 1. The van der Waals surface area contributed by atoms with E-state index in [1.807, 2.05) is 30.3 Å². The molecule has 2 amide bonds. The molecule has 1 aliphatic rings. The molecule has 0 aliphatic heterocycles. The number of rotatable bonds is 11. The fourth-order valence-electron chi connectivity index (χ4n) is 4.26. The molecular formula is C27H34N4O5. The summed E-state index contributed by atoms with van der Waals surface area (Å²) in [5.41, 5.74) is 4.80. The number of urea groups is 1. The van der Waals surface area contributed by atoms with Crippen molar-refractivity contribution in [1.29, 1.82) is 0 Å². The molecule has 0 radical (unpaired) electrons. The molecule has 0 spiro atoms. The molecule has 1 atom stereocenters. The summed E-state index contributed by atoms with van der Waals surface area (Å²) in [5, 5.41) is 29.2. The maximum Gasteiger partial charge on any atom is 0.320 e. The third-order valence-corrected chi connectivity index (χ3v) is 6.44. The highest BCUT2D eigenvalue weighted by molar-refractivity contribution is 5.89. The van der Waals surface area contributed by atoms with Crippen LogP contribution in [0, 0.1) is 6.92 Å². The minimum absolute atomic E-state index is 0.115. The topological polar surface area (TPSA) is 118 Å². The summed E-state index contributed by atoms with van der Waals surface area (Å²) in [7, 11) is 1.67. The summed E-state index contributed by atoms with van der Waals surface area (Å²) < 4.78 is 12.5. The Morgan fingerprint density at radius 2 is 2.00 bits per heavy atom. The second kappa shape index (κ2) is 12.0. The fourth-order valence-corrected chi connectivity index (χ4v) is 4.26. The molecule has 9 heteroatoms. The van der Waals surface area contributed by atoms with E-state index in [1.165, 1.54) is 24.8 Å². The van der Waals surface area contributed by atoms with Gasteiger partial charge in [-0.3, -0.25) is 5.32 Å². The highest BCUT2D eigenvalue weighted by Crippen LogP contribution is 2.38. The molecule has 0 saturated heterocycles. The lowest BCUT2D eigenvalue weighted by Crippen LogP contribution is -2.30. The zero-order valence-electron chi connectivity index (χ0n) is 20.7. The zero-order chi connectivity index (χ0) is 25.5. The van der Waals surface area contributed by atoms with Crippen LogP contribution >= 0.6 is 0 Å². The van der Waals surface area contributed by atoms with Gasteiger partial charge < -0.3 is 25.0 Å². The molecule has 192 valence electrons. The van der Waals surface area contributed by atoms with Crippen molar-refractivity contribution in [1.82, 2.24) is 15.1 Å². The van der Waals surface area contributed by atoms with E-state index in [1.54, 1.807) is 18.7 Å². The second-order valence-corrected chi connectivity index (χ2v) is 9.08. The van der Waals surface area contributed by atoms with Gasteiger partial charge in [-0.15, -0.1) is 5.10 Å². The number of aromatic nitrogens is 2. The lowest BCUT2D eigenvalue weighted by Gasteiger charge is -2.28. The second-order valence-electron chi connectivity index (χ2n) is 9.08. The maximum atomic E-state index is 13.0. The number of aliphatic hydroxyl groups excluding tert-OH is 2. The van der Waals surface area contributed by atoms with Crippen molar-refractivity contribution in [3.63, 3.8) is 0 Å². The minimum Gasteiger partial charge on any atom is -0.474 e. The number of anilines is 1. The molecule has 1 heterocycles. The Kier molecular flexibility index (Phi) is 8.58. The van der Waals surface area contributed by atoms with Crippen molar-refractivity contribution in [3.05, 3.63) is 70.8 Å². The number of hydrogen-bond donors (Lipinski definition) is 4. The lowest BCUT2D eigenvalue weighted by atomic mass is 9.78. The first-order valence-corrected chi connectivity index (χ1v) is 12.2. The van der Waals surface area contributed by atoms with Gasteiger partial charge in [-0.05, 0) is 54.5 Å². The number of aliphatic hydroxyl groups is 2. The lowest BCUT2D eigenvalue weighted by molar-refractivity contribution is 0.0518. The van der Waals surface area contributed by atoms with E-state index in [9.17, 15) is 9.90 Å². The van der Waals surface area contributed by atoms with Gasteiger partial charge >= 0.3 is 6.03 Å². The Balaban J connectivity index is 1.52. The predicted octanol–water partition coefficient (Wildman–Crippen LogP) is 3.65. The van der Waals surface area contributed by atoms with Crippen molar-refractivity contribution in [3.8, 4) is 11.6 Å². The molecule has 0 unspecified atom stereocenters. The third kappa shape index (κ3) is 6.04. The molecule has 36 heavy (non-hydrogen) atoms. The molecule has 1 aliphatic carbocycles. The largest absolute Gasteiger partial charge is 0.474 e. The smallest absolute Gasteiger partial charge is 0.320 e. The highest BCUT2D eigenvalue weighted by Gasteiger charge is 2.23. The number of methoxy groups -OCH3 is 1. The van der Waals surface area contributed by atoms with E-state index in [-0.39, 0.29) is 18.5 Å². The normalized spacial score (nSPS) is 14.2. The molecule has 4 N–H and O–H groups in total. The van der Waals surface area contributed by atoms with E-state index in [4.69, 9.17) is 14.6 Å². The van der Waals surface area contributed by atoms with Gasteiger partial charge in [0, 0.05) is 13.7 Å². The summed E-state index contributed by atoms with van der Waals surface area (Å²) in [4.78, 5) is 13.0. The van der Waals surface area contributed by atoms with Crippen LogP contribution in [-0.2, 0) is 17.9 Å². The van der Waals surface area contributed by atoms with E-state index < -0.39 is 12.7 Å². The van der Waals surface area contributed by atoms with Gasteiger partial charge in [-0.1, -0.05) is 42.8 Å². The van der Waals surface area contributed by atoms with E-state index >= 15 is 0 Å². The number of hydrogen-bond acceptors (Lipinski definition) is 6. The average Bonchev–Trinajstić information content (AvgIpc) is 3.17. The van der Waals surface area contributed by atoms with E-state index in [2.05, 4.69) is 33.9 Å². The molecule has 2 aromatic carbocycles. The molecule has 1 saturated carbocycles. The van der Waals surface area contributed by atoms with Gasteiger partial charge in [0.15, 0.2) is 0 Å². The number of amides is 2. The molecular weight excluding hydrogens is 460 g/mol. The Morgan fingerprint density at radius 1 is 1.22 bits per heavy atom. The molecule has 3 aromatic rings. The van der Waals surface area contributed by atoms with Crippen LogP contribution in [-0.4, -0.2) is 52.5 Å². The number of carbonyl (C=O) groups excluding carboxylic acids is 1. The fraction of sp³-hybridized carbons (Fsp3) is 0.407. The third-order valence-electron chi connectivity index (χ3n) is 6.44. The predicted molar refractivity (Wildman–Crippen MR) is 136 cm³/mol. The van der Waals surface area contributed by atoms with E-state index in [0.29, 0.717) is 30.5 Å². The first-order valence-electron chi connectivity index (χ1n) is 12.2. The van der Waals surface area contributed by atoms with Gasteiger partial charge in [-0.2, -0.15) is 0 Å². The van der Waals surface area contributed by atoms with Gasteiger partial charge in [0.05, 0.1) is 24.5 Å². The number of nitrogens with zero attached hydrogens (tertiary/aromatic N) is 2. The monoisotopic (exact) mass is 494 g/mol. The van der Waals surface area contributed by atoms with Crippen LogP contribution in [0.4, 0.5) is 10.6 Å². The van der Waals surface area contributed by atoms with Crippen LogP contribution in [0.25, 0.3) is 5.69 Å². The van der Waals surface area contributed by atoms with Crippen LogP contribution < -0.4 is 15.4 Å². The first kappa shape index (κ1) is 25.7. The molecule has 1 fully saturated rings. The van der Waals surface area contributed by atoms with Gasteiger partial charge in [-0.25, -0.2) is 9.48 Å². The maximum absolute atomic E-state index is 13.0. The van der Waals surface area contributed by atoms with Crippen molar-refractivity contribution in [2.45, 2.75) is 51.4 Å². The highest BCUT2D eigenvalue weighted by atomic mass is 16.5. The van der Waals surface area contributed by atoms with Crippen molar-refractivity contribution in [2.75, 3.05) is 25.6 Å². The SMILES string of the molecule is COCc1ccc(C2CCC2)c(CNC(=O)Nc2c(C)c(OC[C@H](O)CO)nn2-c2ccccc2)c1. The number of nitrogens with one attached hydrogen (secondary N) is 2. The Hall–Kier alpha value is -3.40. The molecule has 1 aromatic heterocycles.